The van der Waals surface area contributed by atoms with E-state index in [1.165, 1.54) is 0 Å². The van der Waals surface area contributed by atoms with Crippen molar-refractivity contribution in [3.8, 4) is 11.3 Å². The highest BCUT2D eigenvalue weighted by Gasteiger charge is 2.28. The van der Waals surface area contributed by atoms with Gasteiger partial charge >= 0.3 is 0 Å². The first kappa shape index (κ1) is 20.6. The van der Waals surface area contributed by atoms with E-state index in [1.54, 1.807) is 12.4 Å². The Morgan fingerprint density at radius 3 is 2.94 bits per heavy atom. The Hall–Kier alpha value is -3.98. The van der Waals surface area contributed by atoms with Crippen LogP contribution in [0.5, 0.6) is 0 Å². The van der Waals surface area contributed by atoms with Crippen molar-refractivity contribution in [3.05, 3.63) is 60.0 Å². The number of fused-ring (bicyclic) bond motifs is 2. The van der Waals surface area contributed by atoms with Crippen LogP contribution in [-0.2, 0) is 13.6 Å². The van der Waals surface area contributed by atoms with Gasteiger partial charge in [-0.25, -0.2) is 9.97 Å². The quantitative estimate of drug-likeness (QED) is 0.426. The van der Waals surface area contributed by atoms with Gasteiger partial charge in [0.15, 0.2) is 0 Å². The van der Waals surface area contributed by atoms with E-state index in [4.69, 9.17) is 9.97 Å². The normalized spacial score (nSPS) is 17.3. The molecule has 0 bridgehead atoms. The number of pyridine rings is 3. The minimum atomic E-state index is -0.105. The van der Waals surface area contributed by atoms with Crippen LogP contribution in [0.4, 0.5) is 17.3 Å². The molecular formula is C25H26N8O. The number of rotatable bonds is 5. The molecule has 0 aliphatic carbocycles. The maximum Gasteiger partial charge on any atom is 0.254 e. The average Bonchev–Trinajstić information content (AvgIpc) is 3.59. The Morgan fingerprint density at radius 2 is 2.09 bits per heavy atom. The van der Waals surface area contributed by atoms with Crippen LogP contribution < -0.4 is 20.9 Å². The second-order valence-corrected chi connectivity index (χ2v) is 8.81. The SMILES string of the molecule is CN[C@H]1CCN(c2cccc(Nc3cnc(-c4ccnc5c4ccn5C)c4c3C(=O)NC4)n2)C1. The van der Waals surface area contributed by atoms with Gasteiger partial charge in [0.05, 0.1) is 23.1 Å². The zero-order valence-corrected chi connectivity index (χ0v) is 19.2. The fourth-order valence-electron chi connectivity index (χ4n) is 4.95. The van der Waals surface area contributed by atoms with E-state index in [9.17, 15) is 4.79 Å². The Kier molecular flexibility index (Phi) is 4.91. The third kappa shape index (κ3) is 3.36. The van der Waals surface area contributed by atoms with Crippen LogP contribution in [0, 0.1) is 0 Å². The summed E-state index contributed by atoms with van der Waals surface area (Å²) in [6.07, 6.45) is 6.60. The molecule has 4 aromatic rings. The summed E-state index contributed by atoms with van der Waals surface area (Å²) in [5.41, 5.74) is 4.82. The first-order chi connectivity index (χ1) is 16.6. The number of nitrogens with one attached hydrogen (secondary N) is 3. The standard InChI is InChI=1S/C25H26N8O/c1-26-15-7-11-33(14-15)21-5-3-4-20(31-21)30-19-13-28-23(18-12-29-25(34)22(18)19)16-6-9-27-24-17(16)8-10-32(24)2/h3-6,8-10,13,15,26H,7,11-12,14H2,1-2H3,(H,29,34)(H,30,31)/t15-/m0/s1. The van der Waals surface area contributed by atoms with E-state index in [0.717, 1.165) is 53.2 Å². The zero-order valence-electron chi connectivity index (χ0n) is 19.2. The molecule has 2 aliphatic rings. The third-order valence-electron chi connectivity index (χ3n) is 6.77. The summed E-state index contributed by atoms with van der Waals surface area (Å²) in [4.78, 5) is 29.2. The molecule has 6 rings (SSSR count). The topological polar surface area (TPSA) is 100 Å². The second-order valence-electron chi connectivity index (χ2n) is 8.81. The van der Waals surface area contributed by atoms with Crippen molar-refractivity contribution in [1.29, 1.82) is 0 Å². The zero-order chi connectivity index (χ0) is 23.2. The molecule has 34 heavy (non-hydrogen) atoms. The van der Waals surface area contributed by atoms with Gasteiger partial charge < -0.3 is 25.4 Å². The van der Waals surface area contributed by atoms with Crippen LogP contribution in [0.3, 0.4) is 0 Å². The van der Waals surface area contributed by atoms with Crippen molar-refractivity contribution >= 4 is 34.3 Å². The molecule has 1 saturated heterocycles. The van der Waals surface area contributed by atoms with Gasteiger partial charge in [-0.3, -0.25) is 9.78 Å². The number of carbonyl (C=O) groups is 1. The van der Waals surface area contributed by atoms with Crippen molar-refractivity contribution in [2.75, 3.05) is 30.4 Å². The van der Waals surface area contributed by atoms with E-state index in [0.29, 0.717) is 29.7 Å². The number of hydrogen-bond acceptors (Lipinski definition) is 7. The third-order valence-corrected chi connectivity index (χ3v) is 6.77. The molecular weight excluding hydrogens is 428 g/mol. The Morgan fingerprint density at radius 1 is 1.18 bits per heavy atom. The first-order valence-corrected chi connectivity index (χ1v) is 11.5. The highest BCUT2D eigenvalue weighted by Crippen LogP contribution is 2.36. The smallest absolute Gasteiger partial charge is 0.254 e. The molecule has 6 heterocycles. The molecule has 0 saturated carbocycles. The number of likely N-dealkylation sites (N-methyl/N-ethyl adjacent to an activating group) is 1. The summed E-state index contributed by atoms with van der Waals surface area (Å²) in [6.45, 7) is 2.34. The lowest BCUT2D eigenvalue weighted by Gasteiger charge is -2.19. The maximum atomic E-state index is 12.8. The summed E-state index contributed by atoms with van der Waals surface area (Å²) in [5.74, 6) is 1.51. The lowest BCUT2D eigenvalue weighted by atomic mass is 10.0. The number of nitrogens with zero attached hydrogens (tertiary/aromatic N) is 5. The van der Waals surface area contributed by atoms with Gasteiger partial charge in [0.1, 0.15) is 17.3 Å². The number of aromatic nitrogens is 4. The maximum absolute atomic E-state index is 12.8. The average molecular weight is 455 g/mol. The second kappa shape index (κ2) is 8.11. The largest absolute Gasteiger partial charge is 0.355 e. The Labute approximate surface area is 197 Å². The fourth-order valence-corrected chi connectivity index (χ4v) is 4.95. The minimum Gasteiger partial charge on any atom is -0.355 e. The van der Waals surface area contributed by atoms with Crippen molar-refractivity contribution in [1.82, 2.24) is 30.2 Å². The molecule has 2 aliphatic heterocycles. The molecule has 1 atom stereocenters. The molecule has 9 nitrogen and oxygen atoms in total. The van der Waals surface area contributed by atoms with Crippen molar-refractivity contribution < 1.29 is 4.79 Å². The van der Waals surface area contributed by atoms with Gasteiger partial charge in [-0.15, -0.1) is 0 Å². The lowest BCUT2D eigenvalue weighted by Crippen LogP contribution is -2.29. The van der Waals surface area contributed by atoms with Gasteiger partial charge in [-0.2, -0.15) is 0 Å². The fraction of sp³-hybridized carbons (Fsp3) is 0.280. The van der Waals surface area contributed by atoms with Crippen molar-refractivity contribution in [2.24, 2.45) is 7.05 Å². The van der Waals surface area contributed by atoms with Crippen LogP contribution in [0.2, 0.25) is 0 Å². The summed E-state index contributed by atoms with van der Waals surface area (Å²) in [7, 11) is 3.97. The predicted molar refractivity (Wildman–Crippen MR) is 132 cm³/mol. The molecule has 0 unspecified atom stereocenters. The minimum absolute atomic E-state index is 0.105. The van der Waals surface area contributed by atoms with E-state index in [2.05, 4.69) is 25.8 Å². The Balaban J connectivity index is 1.36. The molecule has 172 valence electrons. The summed E-state index contributed by atoms with van der Waals surface area (Å²) >= 11 is 0. The summed E-state index contributed by atoms with van der Waals surface area (Å²) < 4.78 is 1.98. The first-order valence-electron chi connectivity index (χ1n) is 11.5. The van der Waals surface area contributed by atoms with Gasteiger partial charge in [-0.05, 0) is 37.7 Å². The van der Waals surface area contributed by atoms with Crippen LogP contribution in [-0.4, -0.2) is 51.6 Å². The summed E-state index contributed by atoms with van der Waals surface area (Å²) in [6, 6.07) is 10.4. The molecule has 3 N–H and O–H groups in total. The molecule has 1 fully saturated rings. The van der Waals surface area contributed by atoms with Crippen LogP contribution in [0.15, 0.2) is 48.9 Å². The lowest BCUT2D eigenvalue weighted by molar-refractivity contribution is 0.0966. The van der Waals surface area contributed by atoms with Crippen LogP contribution in [0.25, 0.3) is 22.3 Å². The number of hydrogen-bond donors (Lipinski definition) is 3. The highest BCUT2D eigenvalue weighted by molar-refractivity contribution is 6.06. The summed E-state index contributed by atoms with van der Waals surface area (Å²) in [5, 5.41) is 10.7. The number of carbonyl (C=O) groups excluding carboxylic acids is 1. The number of aryl methyl sites for hydroxylation is 1. The van der Waals surface area contributed by atoms with E-state index >= 15 is 0 Å². The molecule has 0 aromatic carbocycles. The Bertz CT molecular complexity index is 1410. The molecule has 1 amide bonds. The highest BCUT2D eigenvalue weighted by atomic mass is 16.1. The van der Waals surface area contributed by atoms with Crippen molar-refractivity contribution in [3.63, 3.8) is 0 Å². The van der Waals surface area contributed by atoms with Gasteiger partial charge in [0, 0.05) is 61.6 Å². The van der Waals surface area contributed by atoms with E-state index < -0.39 is 0 Å². The van der Waals surface area contributed by atoms with Gasteiger partial charge in [-0.1, -0.05) is 6.07 Å². The number of anilines is 3. The van der Waals surface area contributed by atoms with Gasteiger partial charge in [0.25, 0.3) is 5.91 Å². The molecule has 9 heteroatoms. The van der Waals surface area contributed by atoms with Crippen molar-refractivity contribution in [2.45, 2.75) is 19.0 Å². The van der Waals surface area contributed by atoms with Crippen LogP contribution >= 0.6 is 0 Å². The molecule has 4 aromatic heterocycles. The predicted octanol–water partition coefficient (Wildman–Crippen LogP) is 2.82. The van der Waals surface area contributed by atoms with E-state index in [-0.39, 0.29) is 5.91 Å². The van der Waals surface area contributed by atoms with Crippen LogP contribution in [0.1, 0.15) is 22.3 Å². The van der Waals surface area contributed by atoms with Gasteiger partial charge in [0.2, 0.25) is 0 Å². The molecule has 0 radical (unpaired) electrons. The van der Waals surface area contributed by atoms with E-state index in [1.807, 2.05) is 55.2 Å². The number of amides is 1. The molecule has 0 spiro atoms. The monoisotopic (exact) mass is 454 g/mol.